The van der Waals surface area contributed by atoms with Crippen molar-refractivity contribution in [2.24, 2.45) is 0 Å². The molecule has 1 aromatic heterocycles. The molecule has 0 amide bonds. The molecular formula is C17H28N4. The molecule has 0 aromatic carbocycles. The van der Waals surface area contributed by atoms with Crippen molar-refractivity contribution in [1.82, 2.24) is 15.2 Å². The van der Waals surface area contributed by atoms with Gasteiger partial charge in [0.2, 0.25) is 0 Å². The van der Waals surface area contributed by atoms with Crippen molar-refractivity contribution >= 4 is 5.69 Å². The van der Waals surface area contributed by atoms with Crippen LogP contribution in [0.2, 0.25) is 0 Å². The molecule has 4 nitrogen and oxygen atoms in total. The van der Waals surface area contributed by atoms with Crippen molar-refractivity contribution in [3.05, 3.63) is 24.0 Å². The molecule has 2 atom stereocenters. The highest BCUT2D eigenvalue weighted by atomic mass is 15.3. The van der Waals surface area contributed by atoms with Gasteiger partial charge in [-0.3, -0.25) is 9.88 Å². The van der Waals surface area contributed by atoms with E-state index in [1.165, 1.54) is 37.1 Å². The molecule has 0 spiro atoms. The van der Waals surface area contributed by atoms with Crippen molar-refractivity contribution in [2.75, 3.05) is 25.0 Å². The molecule has 1 N–H and O–H groups in total. The molecule has 0 aliphatic carbocycles. The molecule has 3 rings (SSSR count). The number of pyridine rings is 1. The molecule has 2 aliphatic heterocycles. The molecule has 2 aliphatic rings. The molecule has 4 heteroatoms. The third-order valence-electron chi connectivity index (χ3n) is 5.07. The molecule has 0 radical (unpaired) electrons. The summed E-state index contributed by atoms with van der Waals surface area (Å²) >= 11 is 0. The Morgan fingerprint density at radius 2 is 2.10 bits per heavy atom. The van der Waals surface area contributed by atoms with E-state index in [9.17, 15) is 0 Å². The minimum absolute atomic E-state index is 0.504. The third kappa shape index (κ3) is 3.22. The SMILES string of the molecule is CC(C)NCc1cnccc1N1CCC2CCC(C1)N2C. The molecule has 1 aromatic rings. The number of rotatable bonds is 4. The fraction of sp³-hybridized carbons (Fsp3) is 0.706. The molecule has 2 fully saturated rings. The number of aromatic nitrogens is 1. The van der Waals surface area contributed by atoms with Crippen LogP contribution in [0.5, 0.6) is 0 Å². The zero-order valence-corrected chi connectivity index (χ0v) is 13.5. The van der Waals surface area contributed by atoms with Crippen molar-refractivity contribution < 1.29 is 0 Å². The predicted octanol–water partition coefficient (Wildman–Crippen LogP) is 2.25. The lowest BCUT2D eigenvalue weighted by atomic mass is 10.1. The van der Waals surface area contributed by atoms with E-state index < -0.39 is 0 Å². The average Bonchev–Trinajstić information content (AvgIpc) is 2.70. The number of nitrogens with one attached hydrogen (secondary N) is 1. The van der Waals surface area contributed by atoms with Crippen molar-refractivity contribution in [2.45, 2.75) is 57.8 Å². The predicted molar refractivity (Wildman–Crippen MR) is 87.6 cm³/mol. The van der Waals surface area contributed by atoms with Gasteiger partial charge >= 0.3 is 0 Å². The van der Waals surface area contributed by atoms with Crippen LogP contribution in [0.15, 0.2) is 18.5 Å². The maximum absolute atomic E-state index is 4.33. The van der Waals surface area contributed by atoms with E-state index in [1.807, 2.05) is 12.4 Å². The summed E-state index contributed by atoms with van der Waals surface area (Å²) in [6, 6.07) is 4.20. The zero-order valence-electron chi connectivity index (χ0n) is 13.5. The summed E-state index contributed by atoms with van der Waals surface area (Å²) in [6.45, 7) is 7.61. The number of likely N-dealkylation sites (N-methyl/N-ethyl adjacent to an activating group) is 1. The fourth-order valence-corrected chi connectivity index (χ4v) is 3.71. The van der Waals surface area contributed by atoms with Gasteiger partial charge in [-0.2, -0.15) is 0 Å². The lowest BCUT2D eigenvalue weighted by molar-refractivity contribution is 0.254. The fourth-order valence-electron chi connectivity index (χ4n) is 3.71. The quantitative estimate of drug-likeness (QED) is 0.921. The van der Waals surface area contributed by atoms with Gasteiger partial charge in [0, 0.05) is 61.4 Å². The van der Waals surface area contributed by atoms with Gasteiger partial charge in [-0.15, -0.1) is 0 Å². The first-order valence-electron chi connectivity index (χ1n) is 8.28. The summed E-state index contributed by atoms with van der Waals surface area (Å²) in [5.74, 6) is 0. The molecule has 21 heavy (non-hydrogen) atoms. The summed E-state index contributed by atoms with van der Waals surface area (Å²) < 4.78 is 0. The highest BCUT2D eigenvalue weighted by Crippen LogP contribution is 2.31. The second kappa shape index (κ2) is 6.32. The Kier molecular flexibility index (Phi) is 4.45. The summed E-state index contributed by atoms with van der Waals surface area (Å²) in [5.41, 5.74) is 2.70. The lowest BCUT2D eigenvalue weighted by Gasteiger charge is -2.29. The molecule has 2 saturated heterocycles. The Morgan fingerprint density at radius 3 is 2.90 bits per heavy atom. The number of hydrogen-bond donors (Lipinski definition) is 1. The third-order valence-corrected chi connectivity index (χ3v) is 5.07. The van der Waals surface area contributed by atoms with Gasteiger partial charge in [0.15, 0.2) is 0 Å². The highest BCUT2D eigenvalue weighted by Gasteiger charge is 2.34. The lowest BCUT2D eigenvalue weighted by Crippen LogP contribution is -2.37. The molecule has 2 unspecified atom stereocenters. The van der Waals surface area contributed by atoms with E-state index in [-0.39, 0.29) is 0 Å². The second-order valence-electron chi connectivity index (χ2n) is 6.83. The minimum atomic E-state index is 0.504. The minimum Gasteiger partial charge on any atom is -0.370 e. The normalized spacial score (nSPS) is 26.4. The van der Waals surface area contributed by atoms with Crippen molar-refractivity contribution in [1.29, 1.82) is 0 Å². The van der Waals surface area contributed by atoms with Crippen LogP contribution in [0.1, 0.15) is 38.7 Å². The summed E-state index contributed by atoms with van der Waals surface area (Å²) in [4.78, 5) is 9.51. The van der Waals surface area contributed by atoms with Crippen LogP contribution in [0.4, 0.5) is 5.69 Å². The number of hydrogen-bond acceptors (Lipinski definition) is 4. The Labute approximate surface area is 128 Å². The van der Waals surface area contributed by atoms with Gasteiger partial charge in [-0.05, 0) is 32.4 Å². The topological polar surface area (TPSA) is 31.4 Å². The van der Waals surface area contributed by atoms with Gasteiger partial charge in [-0.25, -0.2) is 0 Å². The molecule has 2 bridgehead atoms. The van der Waals surface area contributed by atoms with Crippen molar-refractivity contribution in [3.63, 3.8) is 0 Å². The van der Waals surface area contributed by atoms with E-state index in [4.69, 9.17) is 0 Å². The molecular weight excluding hydrogens is 260 g/mol. The number of nitrogens with zero attached hydrogens (tertiary/aromatic N) is 3. The van der Waals surface area contributed by atoms with Crippen LogP contribution in [-0.4, -0.2) is 48.1 Å². The standard InChI is InChI=1S/C17H28N4/c1-13(2)19-11-14-10-18-8-6-17(14)21-9-7-15-4-5-16(12-21)20(15)3/h6,8,10,13,15-16,19H,4-5,7,9,11-12H2,1-3H3. The van der Waals surface area contributed by atoms with Gasteiger partial charge in [0.1, 0.15) is 0 Å². The maximum atomic E-state index is 4.33. The Hall–Kier alpha value is -1.13. The van der Waals surface area contributed by atoms with Gasteiger partial charge < -0.3 is 10.2 Å². The first kappa shape index (κ1) is 14.8. The Morgan fingerprint density at radius 1 is 1.29 bits per heavy atom. The van der Waals surface area contributed by atoms with Gasteiger partial charge in [0.25, 0.3) is 0 Å². The molecule has 3 heterocycles. The molecule has 116 valence electrons. The van der Waals surface area contributed by atoms with Crippen LogP contribution >= 0.6 is 0 Å². The van der Waals surface area contributed by atoms with Gasteiger partial charge in [-0.1, -0.05) is 13.8 Å². The van der Waals surface area contributed by atoms with E-state index in [1.54, 1.807) is 0 Å². The van der Waals surface area contributed by atoms with E-state index in [2.05, 4.69) is 47.1 Å². The van der Waals surface area contributed by atoms with Crippen LogP contribution in [0, 0.1) is 0 Å². The van der Waals surface area contributed by atoms with E-state index in [0.717, 1.165) is 25.2 Å². The van der Waals surface area contributed by atoms with Crippen LogP contribution < -0.4 is 10.2 Å². The highest BCUT2D eigenvalue weighted by molar-refractivity contribution is 5.52. The zero-order chi connectivity index (χ0) is 14.8. The summed E-state index contributed by atoms with van der Waals surface area (Å²) in [5, 5.41) is 3.52. The first-order valence-corrected chi connectivity index (χ1v) is 8.28. The largest absolute Gasteiger partial charge is 0.370 e. The van der Waals surface area contributed by atoms with Crippen LogP contribution in [0.3, 0.4) is 0 Å². The monoisotopic (exact) mass is 288 g/mol. The first-order chi connectivity index (χ1) is 10.1. The molecule has 0 saturated carbocycles. The van der Waals surface area contributed by atoms with Crippen LogP contribution in [0.25, 0.3) is 0 Å². The Bertz CT molecular complexity index is 474. The van der Waals surface area contributed by atoms with Crippen LogP contribution in [-0.2, 0) is 6.54 Å². The maximum Gasteiger partial charge on any atom is 0.0443 e. The number of fused-ring (bicyclic) bond motifs is 2. The van der Waals surface area contributed by atoms with E-state index in [0.29, 0.717) is 6.04 Å². The summed E-state index contributed by atoms with van der Waals surface area (Å²) in [6.07, 6.45) is 7.97. The van der Waals surface area contributed by atoms with Gasteiger partial charge in [0.05, 0.1) is 0 Å². The smallest absolute Gasteiger partial charge is 0.0443 e. The number of anilines is 1. The second-order valence-corrected chi connectivity index (χ2v) is 6.83. The average molecular weight is 288 g/mol. The Balaban J connectivity index is 1.77. The van der Waals surface area contributed by atoms with Crippen molar-refractivity contribution in [3.8, 4) is 0 Å². The summed E-state index contributed by atoms with van der Waals surface area (Å²) in [7, 11) is 2.31. The van der Waals surface area contributed by atoms with E-state index >= 15 is 0 Å².